The number of alkyl halides is 3. The number of nitrogens with zero attached hydrogens (tertiary/aromatic N) is 1. The molecule has 0 saturated carbocycles. The van der Waals surface area contributed by atoms with Gasteiger partial charge in [0.15, 0.2) is 0 Å². The first kappa shape index (κ1) is 12.3. The Balaban J connectivity index is 2.71. The lowest BCUT2D eigenvalue weighted by Crippen LogP contribution is -2.08. The van der Waals surface area contributed by atoms with Crippen molar-refractivity contribution in [3.8, 4) is 11.8 Å². The lowest BCUT2D eigenvalue weighted by atomic mass is 10.1. The van der Waals surface area contributed by atoms with E-state index in [2.05, 4.69) is 4.98 Å². The number of fused-ring (bicyclic) bond motifs is 1. The molecule has 0 fully saturated rings. The van der Waals surface area contributed by atoms with Crippen molar-refractivity contribution in [1.82, 2.24) is 4.98 Å². The van der Waals surface area contributed by atoms with Crippen LogP contribution in [0.25, 0.3) is 10.9 Å². The van der Waals surface area contributed by atoms with Crippen LogP contribution >= 0.6 is 0 Å². The third-order valence-electron chi connectivity index (χ3n) is 2.65. The van der Waals surface area contributed by atoms with Crippen LogP contribution in [0.1, 0.15) is 11.3 Å². The van der Waals surface area contributed by atoms with E-state index in [1.165, 1.54) is 19.2 Å². The highest BCUT2D eigenvalue weighted by Gasteiger charge is 2.36. The molecule has 0 spiro atoms. The molecule has 0 aliphatic rings. The Bertz CT molecular complexity index is 623. The number of nitriles is 1. The van der Waals surface area contributed by atoms with E-state index in [-0.39, 0.29) is 12.0 Å². The van der Waals surface area contributed by atoms with E-state index in [0.717, 1.165) is 0 Å². The molecule has 1 N–H and O–H groups in total. The van der Waals surface area contributed by atoms with Crippen LogP contribution in [0.3, 0.4) is 0 Å². The Labute approximate surface area is 101 Å². The summed E-state index contributed by atoms with van der Waals surface area (Å²) in [7, 11) is 1.44. The number of H-pyrrole nitrogens is 1. The topological polar surface area (TPSA) is 48.8 Å². The fourth-order valence-corrected chi connectivity index (χ4v) is 1.87. The van der Waals surface area contributed by atoms with E-state index in [1.807, 2.05) is 0 Å². The molecule has 94 valence electrons. The van der Waals surface area contributed by atoms with E-state index in [9.17, 15) is 13.2 Å². The average Bonchev–Trinajstić information content (AvgIpc) is 2.67. The van der Waals surface area contributed by atoms with Crippen LogP contribution in [-0.2, 0) is 12.6 Å². The van der Waals surface area contributed by atoms with Gasteiger partial charge in [-0.1, -0.05) is 0 Å². The summed E-state index contributed by atoms with van der Waals surface area (Å²) in [4.78, 5) is 2.31. The number of aromatic amines is 1. The first-order valence-electron chi connectivity index (χ1n) is 5.10. The summed E-state index contributed by atoms with van der Waals surface area (Å²) in [5, 5.41) is 9.03. The standard InChI is InChI=1S/C12H9F3N2O/c1-18-7-2-3-8-9(4-5-16)11(12(13,14)15)17-10(8)6-7/h2-3,6,17H,4H2,1H3. The van der Waals surface area contributed by atoms with Crippen LogP contribution in [0.5, 0.6) is 5.75 Å². The number of halogens is 3. The lowest BCUT2D eigenvalue weighted by molar-refractivity contribution is -0.141. The molecule has 0 bridgehead atoms. The maximum Gasteiger partial charge on any atom is 0.431 e. The molecule has 0 amide bonds. The molecular weight excluding hydrogens is 245 g/mol. The zero-order valence-electron chi connectivity index (χ0n) is 9.43. The molecule has 0 aliphatic carbocycles. The summed E-state index contributed by atoms with van der Waals surface area (Å²) in [6.07, 6.45) is -4.79. The summed E-state index contributed by atoms with van der Waals surface area (Å²) in [6, 6.07) is 6.32. The van der Waals surface area contributed by atoms with Gasteiger partial charge in [0, 0.05) is 22.5 Å². The minimum atomic E-state index is -4.50. The van der Waals surface area contributed by atoms with Crippen molar-refractivity contribution in [2.75, 3.05) is 7.11 Å². The summed E-state index contributed by atoms with van der Waals surface area (Å²) in [5.41, 5.74) is -0.582. The summed E-state index contributed by atoms with van der Waals surface area (Å²) in [6.45, 7) is 0. The number of hydrogen-bond donors (Lipinski definition) is 1. The van der Waals surface area contributed by atoms with Crippen LogP contribution in [0.4, 0.5) is 13.2 Å². The molecule has 0 aliphatic heterocycles. The first-order chi connectivity index (χ1) is 8.47. The van der Waals surface area contributed by atoms with Gasteiger partial charge in [-0.05, 0) is 12.1 Å². The molecular formula is C12H9F3N2O. The number of aromatic nitrogens is 1. The van der Waals surface area contributed by atoms with Gasteiger partial charge < -0.3 is 9.72 Å². The molecule has 0 radical (unpaired) electrons. The number of methoxy groups -OCH3 is 1. The normalized spacial score (nSPS) is 11.5. The van der Waals surface area contributed by atoms with Gasteiger partial charge in [0.2, 0.25) is 0 Å². The van der Waals surface area contributed by atoms with Crippen molar-refractivity contribution in [1.29, 1.82) is 5.26 Å². The van der Waals surface area contributed by atoms with Crippen LogP contribution in [0, 0.1) is 11.3 Å². The predicted molar refractivity (Wildman–Crippen MR) is 59.2 cm³/mol. The Morgan fingerprint density at radius 1 is 1.39 bits per heavy atom. The van der Waals surface area contributed by atoms with Crippen molar-refractivity contribution in [3.63, 3.8) is 0 Å². The van der Waals surface area contributed by atoms with Gasteiger partial charge in [0.1, 0.15) is 11.4 Å². The van der Waals surface area contributed by atoms with E-state index < -0.39 is 11.9 Å². The third-order valence-corrected chi connectivity index (χ3v) is 2.65. The van der Waals surface area contributed by atoms with Crippen LogP contribution < -0.4 is 4.74 Å². The van der Waals surface area contributed by atoms with Gasteiger partial charge in [0.05, 0.1) is 19.6 Å². The molecule has 1 aromatic carbocycles. The molecule has 1 heterocycles. The molecule has 0 saturated heterocycles. The van der Waals surface area contributed by atoms with Gasteiger partial charge in [-0.3, -0.25) is 0 Å². The second-order valence-electron chi connectivity index (χ2n) is 3.72. The number of ether oxygens (including phenoxy) is 1. The molecule has 0 atom stereocenters. The Hall–Kier alpha value is -2.16. The molecule has 3 nitrogen and oxygen atoms in total. The van der Waals surface area contributed by atoms with E-state index in [4.69, 9.17) is 10.00 Å². The van der Waals surface area contributed by atoms with Crippen LogP contribution in [-0.4, -0.2) is 12.1 Å². The van der Waals surface area contributed by atoms with Gasteiger partial charge in [-0.15, -0.1) is 0 Å². The molecule has 1 aromatic heterocycles. The van der Waals surface area contributed by atoms with E-state index >= 15 is 0 Å². The van der Waals surface area contributed by atoms with Crippen molar-refractivity contribution in [2.45, 2.75) is 12.6 Å². The summed E-state index contributed by atoms with van der Waals surface area (Å²) < 4.78 is 43.4. The minimum Gasteiger partial charge on any atom is -0.497 e. The highest BCUT2D eigenvalue weighted by molar-refractivity contribution is 5.86. The highest BCUT2D eigenvalue weighted by Crippen LogP contribution is 2.36. The van der Waals surface area contributed by atoms with E-state index in [1.54, 1.807) is 12.1 Å². The van der Waals surface area contributed by atoms with Gasteiger partial charge in [-0.25, -0.2) is 0 Å². The fraction of sp³-hybridized carbons (Fsp3) is 0.250. The first-order valence-corrected chi connectivity index (χ1v) is 5.10. The van der Waals surface area contributed by atoms with Crippen molar-refractivity contribution in [3.05, 3.63) is 29.5 Å². The van der Waals surface area contributed by atoms with E-state index in [0.29, 0.717) is 16.7 Å². The second-order valence-corrected chi connectivity index (χ2v) is 3.72. The molecule has 2 aromatic rings. The average molecular weight is 254 g/mol. The second kappa shape index (κ2) is 4.26. The SMILES string of the molecule is COc1ccc2c(CC#N)c(C(F)(F)F)[nH]c2c1. The number of hydrogen-bond acceptors (Lipinski definition) is 2. The van der Waals surface area contributed by atoms with Gasteiger partial charge >= 0.3 is 6.18 Å². The zero-order valence-corrected chi connectivity index (χ0v) is 9.43. The third kappa shape index (κ3) is 1.99. The van der Waals surface area contributed by atoms with Crippen molar-refractivity contribution < 1.29 is 17.9 Å². The van der Waals surface area contributed by atoms with Crippen LogP contribution in [0.15, 0.2) is 18.2 Å². The molecule has 0 unspecified atom stereocenters. The molecule has 6 heteroatoms. The number of benzene rings is 1. The fourth-order valence-electron chi connectivity index (χ4n) is 1.87. The van der Waals surface area contributed by atoms with Crippen molar-refractivity contribution >= 4 is 10.9 Å². The lowest BCUT2D eigenvalue weighted by Gasteiger charge is -2.05. The van der Waals surface area contributed by atoms with Gasteiger partial charge in [0.25, 0.3) is 0 Å². The maximum absolute atomic E-state index is 12.8. The van der Waals surface area contributed by atoms with Crippen molar-refractivity contribution in [2.24, 2.45) is 0 Å². The number of nitrogens with one attached hydrogen (secondary N) is 1. The number of rotatable bonds is 2. The Morgan fingerprint density at radius 2 is 2.11 bits per heavy atom. The predicted octanol–water partition coefficient (Wildman–Crippen LogP) is 3.26. The summed E-state index contributed by atoms with van der Waals surface area (Å²) >= 11 is 0. The highest BCUT2D eigenvalue weighted by atomic mass is 19.4. The van der Waals surface area contributed by atoms with Crippen LogP contribution in [0.2, 0.25) is 0 Å². The quantitative estimate of drug-likeness (QED) is 0.894. The minimum absolute atomic E-state index is 0.0253. The Morgan fingerprint density at radius 3 is 2.67 bits per heavy atom. The molecule has 2 rings (SSSR count). The Kier molecular flexibility index (Phi) is 2.91. The smallest absolute Gasteiger partial charge is 0.431 e. The zero-order chi connectivity index (χ0) is 13.3. The monoisotopic (exact) mass is 254 g/mol. The maximum atomic E-state index is 12.8. The van der Waals surface area contributed by atoms with Gasteiger partial charge in [-0.2, -0.15) is 18.4 Å². The molecule has 18 heavy (non-hydrogen) atoms. The largest absolute Gasteiger partial charge is 0.497 e. The summed E-state index contributed by atoms with van der Waals surface area (Å²) in [5.74, 6) is 0.459.